The predicted molar refractivity (Wildman–Crippen MR) is 134 cm³/mol. The minimum absolute atomic E-state index is 0.0569. The Bertz CT molecular complexity index is 881. The molecule has 0 aromatic heterocycles. The number of methoxy groups -OCH3 is 2. The summed E-state index contributed by atoms with van der Waals surface area (Å²) in [6.45, 7) is 13.2. The van der Waals surface area contributed by atoms with Gasteiger partial charge in [-0.25, -0.2) is 0 Å². The average Bonchev–Trinajstić information content (AvgIpc) is 2.76. The van der Waals surface area contributed by atoms with Gasteiger partial charge in [0, 0.05) is 30.0 Å². The van der Waals surface area contributed by atoms with Crippen molar-refractivity contribution in [3.05, 3.63) is 42.0 Å². The number of fused-ring (bicyclic) bond motifs is 1. The van der Waals surface area contributed by atoms with E-state index in [0.29, 0.717) is 40.9 Å². The largest absolute Gasteiger partial charge is 0.497 e. The minimum atomic E-state index is -0.235. The second kappa shape index (κ2) is 10.3. The van der Waals surface area contributed by atoms with E-state index in [0.717, 1.165) is 37.7 Å². The molecule has 0 radical (unpaired) electrons. The lowest BCUT2D eigenvalue weighted by Gasteiger charge is -2.55. The van der Waals surface area contributed by atoms with Gasteiger partial charge in [0.15, 0.2) is 0 Å². The van der Waals surface area contributed by atoms with Crippen LogP contribution in [0.15, 0.2) is 42.0 Å². The van der Waals surface area contributed by atoms with Gasteiger partial charge in [-0.1, -0.05) is 38.5 Å². The Labute approximate surface area is 199 Å². The number of hydrogen-bond donors (Lipinski definition) is 2. The molecule has 5 unspecified atom stereocenters. The highest BCUT2D eigenvalue weighted by atomic mass is 16.5. The van der Waals surface area contributed by atoms with Crippen molar-refractivity contribution in [2.75, 3.05) is 19.5 Å². The highest BCUT2D eigenvalue weighted by molar-refractivity contribution is 6.00. The molecule has 5 nitrogen and oxygen atoms in total. The zero-order chi connectivity index (χ0) is 24.3. The summed E-state index contributed by atoms with van der Waals surface area (Å²) in [6.07, 6.45) is 6.33. The number of aliphatic hydroxyl groups is 1. The van der Waals surface area contributed by atoms with Crippen LogP contribution in [-0.4, -0.2) is 31.3 Å². The molecule has 5 atom stereocenters. The maximum Gasteiger partial charge on any atom is 0.248 e. The van der Waals surface area contributed by atoms with Gasteiger partial charge in [-0.15, -0.1) is 0 Å². The zero-order valence-corrected chi connectivity index (χ0v) is 21.1. The summed E-state index contributed by atoms with van der Waals surface area (Å²) < 4.78 is 10.6. The molecule has 0 aliphatic heterocycles. The molecule has 1 aromatic rings. The van der Waals surface area contributed by atoms with Crippen molar-refractivity contribution >= 4 is 11.6 Å². The average molecular weight is 456 g/mol. The summed E-state index contributed by atoms with van der Waals surface area (Å²) in [7, 11) is 3.17. The highest BCUT2D eigenvalue weighted by Gasteiger charge is 2.51. The van der Waals surface area contributed by atoms with E-state index < -0.39 is 0 Å². The van der Waals surface area contributed by atoms with E-state index in [1.54, 1.807) is 38.5 Å². The zero-order valence-electron chi connectivity index (χ0n) is 21.1. The Morgan fingerprint density at radius 1 is 1.24 bits per heavy atom. The number of benzene rings is 1. The number of carbonyl (C=O) groups excluding carboxylic acids is 1. The van der Waals surface area contributed by atoms with Crippen molar-refractivity contribution in [3.63, 3.8) is 0 Å². The highest BCUT2D eigenvalue weighted by Crippen LogP contribution is 2.56. The molecule has 182 valence electrons. The number of nitrogens with one attached hydrogen (secondary N) is 1. The van der Waals surface area contributed by atoms with Crippen LogP contribution in [-0.2, 0) is 4.79 Å². The minimum Gasteiger partial charge on any atom is -0.497 e. The predicted octanol–water partition coefficient (Wildman–Crippen LogP) is 5.99. The molecule has 0 bridgehead atoms. The van der Waals surface area contributed by atoms with E-state index in [1.807, 2.05) is 6.92 Å². The fourth-order valence-electron chi connectivity index (χ4n) is 6.13. The molecule has 2 aliphatic rings. The van der Waals surface area contributed by atoms with Crippen LogP contribution in [0, 0.1) is 29.1 Å². The first-order valence-corrected chi connectivity index (χ1v) is 12.1. The molecule has 2 saturated carbocycles. The molecule has 3 rings (SSSR count). The SMILES string of the molecule is C=C1CCC2C(C(C)CC(O)C2(C)C)C1CCC(C)=CC(=O)Nc1cc(OC)cc(OC)c1. The fourth-order valence-corrected chi connectivity index (χ4v) is 6.13. The van der Waals surface area contributed by atoms with E-state index in [-0.39, 0.29) is 17.4 Å². The maximum atomic E-state index is 12.6. The molecule has 0 heterocycles. The van der Waals surface area contributed by atoms with Gasteiger partial charge in [0.05, 0.1) is 20.3 Å². The molecule has 33 heavy (non-hydrogen) atoms. The van der Waals surface area contributed by atoms with Crippen LogP contribution >= 0.6 is 0 Å². The molecule has 2 aliphatic carbocycles. The molecule has 1 aromatic carbocycles. The van der Waals surface area contributed by atoms with Crippen LogP contribution in [0.2, 0.25) is 0 Å². The van der Waals surface area contributed by atoms with Crippen LogP contribution in [0.5, 0.6) is 11.5 Å². The van der Waals surface area contributed by atoms with E-state index >= 15 is 0 Å². The van der Waals surface area contributed by atoms with Crippen LogP contribution in [0.3, 0.4) is 0 Å². The second-order valence-electron chi connectivity index (χ2n) is 10.7. The number of ether oxygens (including phenoxy) is 2. The van der Waals surface area contributed by atoms with Crippen LogP contribution in [0.1, 0.15) is 59.8 Å². The van der Waals surface area contributed by atoms with Gasteiger partial charge in [0.1, 0.15) is 11.5 Å². The number of allylic oxidation sites excluding steroid dienone is 2. The van der Waals surface area contributed by atoms with E-state index in [2.05, 4.69) is 32.7 Å². The van der Waals surface area contributed by atoms with Crippen LogP contribution < -0.4 is 14.8 Å². The number of rotatable bonds is 7. The van der Waals surface area contributed by atoms with Gasteiger partial charge in [-0.3, -0.25) is 4.79 Å². The second-order valence-corrected chi connectivity index (χ2v) is 10.7. The molecule has 2 fully saturated rings. The molecule has 1 amide bonds. The first-order valence-electron chi connectivity index (χ1n) is 12.1. The summed E-state index contributed by atoms with van der Waals surface area (Å²) >= 11 is 0. The van der Waals surface area contributed by atoms with Gasteiger partial charge >= 0.3 is 0 Å². The quantitative estimate of drug-likeness (QED) is 0.391. The lowest BCUT2D eigenvalue weighted by molar-refractivity contribution is -0.112. The van der Waals surface area contributed by atoms with Gasteiger partial charge in [-0.2, -0.15) is 0 Å². The van der Waals surface area contributed by atoms with Gasteiger partial charge in [0.25, 0.3) is 0 Å². The summed E-state index contributed by atoms with van der Waals surface area (Å²) in [5, 5.41) is 13.6. The summed E-state index contributed by atoms with van der Waals surface area (Å²) in [5.41, 5.74) is 2.98. The third-order valence-electron chi connectivity index (χ3n) is 8.14. The third-order valence-corrected chi connectivity index (χ3v) is 8.14. The lowest BCUT2D eigenvalue weighted by atomic mass is 9.50. The molecular formula is C28H41NO4. The first kappa shape index (κ1) is 25.4. The van der Waals surface area contributed by atoms with Crippen LogP contribution in [0.4, 0.5) is 5.69 Å². The summed E-state index contributed by atoms with van der Waals surface area (Å²) in [4.78, 5) is 12.6. The Morgan fingerprint density at radius 2 is 1.88 bits per heavy atom. The standard InChI is InChI=1S/C28H41NO4/c1-17(12-26(31)29-20-14-21(32-6)16-22(15-20)33-7)8-10-23-18(2)9-11-24-27(23)19(3)13-25(30)28(24,4)5/h12,14-16,19,23-25,27,30H,2,8-11,13H2,1,3-7H3,(H,29,31). The number of anilines is 1. The molecule has 0 saturated heterocycles. The van der Waals surface area contributed by atoms with E-state index in [4.69, 9.17) is 9.47 Å². The Balaban J connectivity index is 1.66. The van der Waals surface area contributed by atoms with Gasteiger partial charge in [0.2, 0.25) is 5.91 Å². The van der Waals surface area contributed by atoms with Crippen molar-refractivity contribution in [1.29, 1.82) is 0 Å². The first-order chi connectivity index (χ1) is 15.6. The monoisotopic (exact) mass is 455 g/mol. The maximum absolute atomic E-state index is 12.6. The van der Waals surface area contributed by atoms with Crippen molar-refractivity contribution in [1.82, 2.24) is 0 Å². The molecule has 2 N–H and O–H groups in total. The summed E-state index contributed by atoms with van der Waals surface area (Å²) in [5.74, 6) is 3.10. The Hall–Kier alpha value is -2.27. The number of carbonyl (C=O) groups is 1. The van der Waals surface area contributed by atoms with Crippen molar-refractivity contribution in [2.24, 2.45) is 29.1 Å². The van der Waals surface area contributed by atoms with Crippen molar-refractivity contribution in [2.45, 2.75) is 65.9 Å². The fraction of sp³-hybridized carbons (Fsp3) is 0.607. The van der Waals surface area contributed by atoms with Crippen LogP contribution in [0.25, 0.3) is 0 Å². The lowest BCUT2D eigenvalue weighted by Crippen LogP contribution is -2.52. The Morgan fingerprint density at radius 3 is 2.48 bits per heavy atom. The van der Waals surface area contributed by atoms with E-state index in [9.17, 15) is 9.90 Å². The van der Waals surface area contributed by atoms with Crippen molar-refractivity contribution in [3.8, 4) is 11.5 Å². The van der Waals surface area contributed by atoms with Crippen molar-refractivity contribution < 1.29 is 19.4 Å². The van der Waals surface area contributed by atoms with Gasteiger partial charge < -0.3 is 19.9 Å². The summed E-state index contributed by atoms with van der Waals surface area (Å²) in [6, 6.07) is 5.32. The van der Waals surface area contributed by atoms with Gasteiger partial charge in [-0.05, 0) is 68.1 Å². The number of amides is 1. The normalized spacial score (nSPS) is 29.2. The number of aliphatic hydroxyl groups excluding tert-OH is 1. The third kappa shape index (κ3) is 5.63. The number of hydrogen-bond acceptors (Lipinski definition) is 4. The molecule has 5 heteroatoms. The molecular weight excluding hydrogens is 414 g/mol. The Kier molecular flexibility index (Phi) is 7.94. The smallest absolute Gasteiger partial charge is 0.248 e. The van der Waals surface area contributed by atoms with E-state index in [1.165, 1.54) is 5.57 Å². The molecule has 0 spiro atoms. The topological polar surface area (TPSA) is 67.8 Å².